The summed E-state index contributed by atoms with van der Waals surface area (Å²) in [5.41, 5.74) is 9.01. The number of nitrogens with zero attached hydrogens (tertiary/aromatic N) is 1. The van der Waals surface area contributed by atoms with Crippen molar-refractivity contribution in [2.24, 2.45) is 5.73 Å². The second-order valence-corrected chi connectivity index (χ2v) is 6.07. The van der Waals surface area contributed by atoms with E-state index in [1.54, 1.807) is 0 Å². The lowest BCUT2D eigenvalue weighted by atomic mass is 9.94. The Morgan fingerprint density at radius 1 is 1.21 bits per heavy atom. The van der Waals surface area contributed by atoms with Gasteiger partial charge in [-0.25, -0.2) is 0 Å². The summed E-state index contributed by atoms with van der Waals surface area (Å²) in [4.78, 5) is 2.54. The van der Waals surface area contributed by atoms with Crippen molar-refractivity contribution in [3.63, 3.8) is 0 Å². The number of fused-ring (bicyclic) bond motifs is 2. The van der Waals surface area contributed by atoms with Gasteiger partial charge in [0.1, 0.15) is 0 Å². The smallest absolute Gasteiger partial charge is 0.0707 e. The van der Waals surface area contributed by atoms with Crippen molar-refractivity contribution in [2.45, 2.75) is 51.0 Å². The molecular formula is C16H24N2O. The van der Waals surface area contributed by atoms with Gasteiger partial charge >= 0.3 is 0 Å². The minimum atomic E-state index is 0.138. The fraction of sp³-hybridized carbons (Fsp3) is 0.625. The fourth-order valence-electron chi connectivity index (χ4n) is 3.60. The molecule has 3 rings (SSSR count). The molecule has 2 heterocycles. The van der Waals surface area contributed by atoms with Crippen molar-refractivity contribution >= 4 is 0 Å². The molecule has 0 aromatic heterocycles. The molecule has 2 bridgehead atoms. The van der Waals surface area contributed by atoms with E-state index in [-0.39, 0.29) is 6.04 Å². The third kappa shape index (κ3) is 2.55. The van der Waals surface area contributed by atoms with Gasteiger partial charge in [-0.05, 0) is 37.8 Å². The van der Waals surface area contributed by atoms with E-state index in [1.165, 1.54) is 24.0 Å². The van der Waals surface area contributed by atoms with Gasteiger partial charge < -0.3 is 10.5 Å². The van der Waals surface area contributed by atoms with Crippen LogP contribution in [0.5, 0.6) is 0 Å². The molecule has 0 saturated carbocycles. The number of aryl methyl sites for hydroxylation is 1. The summed E-state index contributed by atoms with van der Waals surface area (Å²) in [6.07, 6.45) is 3.26. The number of rotatable bonds is 3. The Morgan fingerprint density at radius 3 is 2.42 bits per heavy atom. The molecule has 19 heavy (non-hydrogen) atoms. The number of likely N-dealkylation sites (tertiary alicyclic amines) is 1. The molecule has 3 heteroatoms. The lowest BCUT2D eigenvalue weighted by Gasteiger charge is -2.40. The van der Waals surface area contributed by atoms with E-state index in [0.29, 0.717) is 18.2 Å². The van der Waals surface area contributed by atoms with Gasteiger partial charge in [-0.2, -0.15) is 0 Å². The maximum absolute atomic E-state index is 6.30. The lowest BCUT2D eigenvalue weighted by Crippen LogP contribution is -2.49. The molecule has 0 spiro atoms. The minimum Gasteiger partial charge on any atom is -0.372 e. The largest absolute Gasteiger partial charge is 0.372 e. The van der Waals surface area contributed by atoms with Crippen LogP contribution in [-0.4, -0.2) is 36.2 Å². The van der Waals surface area contributed by atoms with Crippen molar-refractivity contribution in [1.82, 2.24) is 4.90 Å². The highest BCUT2D eigenvalue weighted by molar-refractivity contribution is 5.30. The van der Waals surface area contributed by atoms with Crippen molar-refractivity contribution in [1.29, 1.82) is 0 Å². The zero-order valence-electron chi connectivity index (χ0n) is 11.9. The molecule has 1 aromatic carbocycles. The molecule has 2 fully saturated rings. The standard InChI is InChI=1S/C16H24N2O/c1-11-5-3-4-6-15(11)16(12(2)17)18-9-13-7-8-14(10-18)19-13/h3-6,12-14,16H,7-10,17H2,1-2H3. The molecule has 2 saturated heterocycles. The summed E-state index contributed by atoms with van der Waals surface area (Å²) >= 11 is 0. The van der Waals surface area contributed by atoms with Crippen LogP contribution >= 0.6 is 0 Å². The number of hydrogen-bond acceptors (Lipinski definition) is 3. The highest BCUT2D eigenvalue weighted by Gasteiger charge is 2.38. The van der Waals surface area contributed by atoms with Crippen LogP contribution in [0.2, 0.25) is 0 Å². The zero-order valence-corrected chi connectivity index (χ0v) is 11.9. The van der Waals surface area contributed by atoms with Gasteiger partial charge in [0.2, 0.25) is 0 Å². The van der Waals surface area contributed by atoms with E-state index in [1.807, 2.05) is 0 Å². The fourth-order valence-corrected chi connectivity index (χ4v) is 3.60. The van der Waals surface area contributed by atoms with E-state index in [9.17, 15) is 0 Å². The summed E-state index contributed by atoms with van der Waals surface area (Å²) in [5, 5.41) is 0. The Kier molecular flexibility index (Phi) is 3.61. The molecule has 2 aliphatic heterocycles. The summed E-state index contributed by atoms with van der Waals surface area (Å²) in [5.74, 6) is 0. The lowest BCUT2D eigenvalue weighted by molar-refractivity contribution is -0.0560. The number of hydrogen-bond donors (Lipinski definition) is 1. The topological polar surface area (TPSA) is 38.5 Å². The van der Waals surface area contributed by atoms with Crippen molar-refractivity contribution in [3.8, 4) is 0 Å². The number of nitrogens with two attached hydrogens (primary N) is 1. The first-order valence-corrected chi connectivity index (χ1v) is 7.36. The Bertz CT molecular complexity index is 434. The van der Waals surface area contributed by atoms with Gasteiger partial charge in [-0.1, -0.05) is 24.3 Å². The third-order valence-corrected chi connectivity index (χ3v) is 4.47. The normalized spacial score (nSPS) is 30.3. The number of morpholine rings is 1. The Morgan fingerprint density at radius 2 is 1.84 bits per heavy atom. The molecule has 2 N–H and O–H groups in total. The third-order valence-electron chi connectivity index (χ3n) is 4.47. The summed E-state index contributed by atoms with van der Waals surface area (Å²) in [6, 6.07) is 9.07. The molecule has 0 aliphatic carbocycles. The summed E-state index contributed by atoms with van der Waals surface area (Å²) in [6.45, 7) is 6.35. The quantitative estimate of drug-likeness (QED) is 0.906. The summed E-state index contributed by atoms with van der Waals surface area (Å²) < 4.78 is 5.94. The van der Waals surface area contributed by atoms with E-state index in [4.69, 9.17) is 10.5 Å². The second-order valence-electron chi connectivity index (χ2n) is 6.07. The maximum Gasteiger partial charge on any atom is 0.0707 e. The first kappa shape index (κ1) is 13.1. The minimum absolute atomic E-state index is 0.138. The maximum atomic E-state index is 6.30. The Balaban J connectivity index is 1.87. The van der Waals surface area contributed by atoms with Gasteiger partial charge in [0.15, 0.2) is 0 Å². The van der Waals surface area contributed by atoms with Crippen molar-refractivity contribution in [3.05, 3.63) is 35.4 Å². The van der Waals surface area contributed by atoms with Crippen LogP contribution in [0.4, 0.5) is 0 Å². The van der Waals surface area contributed by atoms with Crippen LogP contribution in [0.25, 0.3) is 0 Å². The highest BCUT2D eigenvalue weighted by Crippen LogP contribution is 2.34. The second kappa shape index (κ2) is 5.23. The van der Waals surface area contributed by atoms with E-state index >= 15 is 0 Å². The van der Waals surface area contributed by atoms with Crippen LogP contribution in [0.15, 0.2) is 24.3 Å². The monoisotopic (exact) mass is 260 g/mol. The zero-order chi connectivity index (χ0) is 13.4. The molecule has 0 radical (unpaired) electrons. The SMILES string of the molecule is Cc1ccccc1C(C(C)N)N1CC2CCC(C1)O2. The van der Waals surface area contributed by atoms with Gasteiger partial charge in [-0.15, -0.1) is 0 Å². The van der Waals surface area contributed by atoms with Crippen LogP contribution in [0, 0.1) is 6.92 Å². The molecular weight excluding hydrogens is 236 g/mol. The van der Waals surface area contributed by atoms with Gasteiger partial charge in [0.25, 0.3) is 0 Å². The molecule has 2 aliphatic rings. The molecule has 104 valence electrons. The average molecular weight is 260 g/mol. The van der Waals surface area contributed by atoms with Gasteiger partial charge in [0, 0.05) is 19.1 Å². The predicted octanol–water partition coefficient (Wildman–Crippen LogP) is 2.25. The molecule has 0 amide bonds. The van der Waals surface area contributed by atoms with Crippen LogP contribution < -0.4 is 5.73 Å². The Labute approximate surface area is 115 Å². The van der Waals surface area contributed by atoms with E-state index in [0.717, 1.165) is 13.1 Å². The van der Waals surface area contributed by atoms with Gasteiger partial charge in [0.05, 0.1) is 18.2 Å². The van der Waals surface area contributed by atoms with Gasteiger partial charge in [-0.3, -0.25) is 4.90 Å². The molecule has 1 aromatic rings. The number of ether oxygens (including phenoxy) is 1. The highest BCUT2D eigenvalue weighted by atomic mass is 16.5. The van der Waals surface area contributed by atoms with E-state index < -0.39 is 0 Å². The average Bonchev–Trinajstić information content (AvgIpc) is 2.71. The Hall–Kier alpha value is -0.900. The first-order valence-electron chi connectivity index (χ1n) is 7.36. The predicted molar refractivity (Wildman–Crippen MR) is 77.0 cm³/mol. The van der Waals surface area contributed by atoms with Crippen molar-refractivity contribution < 1.29 is 4.74 Å². The van der Waals surface area contributed by atoms with Crippen LogP contribution in [0.3, 0.4) is 0 Å². The molecule has 4 unspecified atom stereocenters. The van der Waals surface area contributed by atoms with Crippen LogP contribution in [0.1, 0.15) is 36.9 Å². The molecule has 3 nitrogen and oxygen atoms in total. The van der Waals surface area contributed by atoms with Crippen LogP contribution in [-0.2, 0) is 4.74 Å². The first-order chi connectivity index (χ1) is 9.15. The molecule has 4 atom stereocenters. The summed E-state index contributed by atoms with van der Waals surface area (Å²) in [7, 11) is 0. The van der Waals surface area contributed by atoms with E-state index in [2.05, 4.69) is 43.0 Å². The number of benzene rings is 1. The van der Waals surface area contributed by atoms with Crippen molar-refractivity contribution in [2.75, 3.05) is 13.1 Å².